The van der Waals surface area contributed by atoms with Gasteiger partial charge in [0.25, 0.3) is 0 Å². The molecule has 5 nitrogen and oxygen atoms in total. The van der Waals surface area contributed by atoms with E-state index in [1.165, 1.54) is 57.8 Å². The number of carbonyl (C=O) groups is 2. The highest BCUT2D eigenvalue weighted by molar-refractivity contribution is 5.92. The van der Waals surface area contributed by atoms with E-state index in [1.807, 2.05) is 25.1 Å². The lowest BCUT2D eigenvalue weighted by Crippen LogP contribution is -2.16. The maximum Gasteiger partial charge on any atom is 0.343 e. The predicted octanol–water partition coefficient (Wildman–Crippen LogP) is 7.37. The van der Waals surface area contributed by atoms with E-state index in [9.17, 15) is 9.59 Å². The van der Waals surface area contributed by atoms with Crippen molar-refractivity contribution >= 4 is 18.1 Å². The fourth-order valence-electron chi connectivity index (χ4n) is 3.77. The number of nitrogens with one attached hydrogen (secondary N) is 1. The topological polar surface area (TPSA) is 67.8 Å². The molecule has 0 saturated heterocycles. The molecule has 0 spiro atoms. The zero-order chi connectivity index (χ0) is 24.4. The van der Waals surface area contributed by atoms with Crippen molar-refractivity contribution in [2.75, 3.05) is 0 Å². The molecule has 0 saturated carbocycles. The van der Waals surface area contributed by atoms with Crippen LogP contribution in [0.4, 0.5) is 0 Å². The van der Waals surface area contributed by atoms with E-state index in [-0.39, 0.29) is 11.9 Å². The Labute approximate surface area is 205 Å². The fourth-order valence-corrected chi connectivity index (χ4v) is 3.77. The first-order valence-electron chi connectivity index (χ1n) is 12.8. The second kappa shape index (κ2) is 16.6. The Hall–Kier alpha value is -2.95. The summed E-state index contributed by atoms with van der Waals surface area (Å²) in [5.74, 6) is 0.0241. The molecule has 1 N–H and O–H groups in total. The molecule has 0 unspecified atom stereocenters. The summed E-state index contributed by atoms with van der Waals surface area (Å²) in [7, 11) is 0. The summed E-state index contributed by atoms with van der Waals surface area (Å²) < 4.78 is 5.43. The van der Waals surface area contributed by atoms with Crippen LogP contribution in [0.2, 0.25) is 0 Å². The summed E-state index contributed by atoms with van der Waals surface area (Å²) in [5, 5.41) is 4.03. The van der Waals surface area contributed by atoms with Gasteiger partial charge in [-0.15, -0.1) is 0 Å². The largest absolute Gasteiger partial charge is 0.423 e. The molecule has 2 rings (SSSR count). The van der Waals surface area contributed by atoms with Gasteiger partial charge in [0, 0.05) is 6.42 Å². The van der Waals surface area contributed by atoms with E-state index in [4.69, 9.17) is 4.74 Å². The molecule has 5 heteroatoms. The fraction of sp³-hybridized carbons (Fsp3) is 0.483. The van der Waals surface area contributed by atoms with Crippen LogP contribution in [0.25, 0.3) is 0 Å². The van der Waals surface area contributed by atoms with Gasteiger partial charge in [0.2, 0.25) is 5.91 Å². The molecule has 0 radical (unpaired) electrons. The van der Waals surface area contributed by atoms with Gasteiger partial charge in [-0.25, -0.2) is 10.2 Å². The lowest BCUT2D eigenvalue weighted by molar-refractivity contribution is -0.121. The second-order valence-electron chi connectivity index (χ2n) is 8.85. The van der Waals surface area contributed by atoms with Gasteiger partial charge in [-0.1, -0.05) is 89.3 Å². The van der Waals surface area contributed by atoms with Crippen molar-refractivity contribution in [3.8, 4) is 5.75 Å². The Morgan fingerprint density at radius 3 is 2.03 bits per heavy atom. The summed E-state index contributed by atoms with van der Waals surface area (Å²) in [6.07, 6.45) is 16.0. The first kappa shape index (κ1) is 27.3. The normalized spacial score (nSPS) is 11.0. The molecule has 1 amide bonds. The molecule has 0 aliphatic rings. The predicted molar refractivity (Wildman–Crippen MR) is 139 cm³/mol. The van der Waals surface area contributed by atoms with E-state index < -0.39 is 0 Å². The van der Waals surface area contributed by atoms with Crippen molar-refractivity contribution in [1.29, 1.82) is 0 Å². The molecule has 0 aliphatic carbocycles. The van der Waals surface area contributed by atoms with Crippen LogP contribution < -0.4 is 10.2 Å². The first-order valence-corrected chi connectivity index (χ1v) is 12.8. The zero-order valence-electron chi connectivity index (χ0n) is 20.9. The van der Waals surface area contributed by atoms with E-state index in [1.54, 1.807) is 36.5 Å². The third kappa shape index (κ3) is 11.3. The number of hydrogen-bond donors (Lipinski definition) is 1. The summed E-state index contributed by atoms with van der Waals surface area (Å²) in [5.41, 5.74) is 4.82. The minimum absolute atomic E-state index is 0.0593. The highest BCUT2D eigenvalue weighted by Crippen LogP contribution is 2.16. The number of aryl methyl sites for hydroxylation is 1. The number of amides is 1. The van der Waals surface area contributed by atoms with Crippen molar-refractivity contribution in [3.05, 3.63) is 65.2 Å². The minimum Gasteiger partial charge on any atom is -0.423 e. The van der Waals surface area contributed by atoms with Gasteiger partial charge in [0.15, 0.2) is 0 Å². The number of ether oxygens (including phenoxy) is 1. The van der Waals surface area contributed by atoms with E-state index in [2.05, 4.69) is 17.5 Å². The van der Waals surface area contributed by atoms with Crippen molar-refractivity contribution in [2.45, 2.75) is 90.9 Å². The van der Waals surface area contributed by atoms with Crippen LogP contribution in [0.3, 0.4) is 0 Å². The maximum atomic E-state index is 12.3. The number of benzene rings is 2. The lowest BCUT2D eigenvalue weighted by Gasteiger charge is -2.06. The van der Waals surface area contributed by atoms with Gasteiger partial charge < -0.3 is 4.74 Å². The molecule has 0 bridgehead atoms. The summed E-state index contributed by atoms with van der Waals surface area (Å²) in [4.78, 5) is 24.2. The van der Waals surface area contributed by atoms with Crippen LogP contribution >= 0.6 is 0 Å². The van der Waals surface area contributed by atoms with Crippen LogP contribution in [0, 0.1) is 6.92 Å². The molecule has 184 valence electrons. The van der Waals surface area contributed by atoms with Gasteiger partial charge in [0.05, 0.1) is 11.8 Å². The monoisotopic (exact) mass is 464 g/mol. The van der Waals surface area contributed by atoms with Gasteiger partial charge in [-0.2, -0.15) is 5.10 Å². The molecule has 2 aromatic carbocycles. The number of esters is 1. The SMILES string of the molecule is CCCCCCCCCCCCCC(=O)NN=Cc1ccc(OC(=O)c2ccccc2C)cc1. The van der Waals surface area contributed by atoms with Crippen molar-refractivity contribution in [2.24, 2.45) is 5.10 Å². The quantitative estimate of drug-likeness (QED) is 0.0927. The molecule has 0 fully saturated rings. The lowest BCUT2D eigenvalue weighted by atomic mass is 10.1. The van der Waals surface area contributed by atoms with Gasteiger partial charge in [-0.3, -0.25) is 4.79 Å². The number of rotatable bonds is 16. The Morgan fingerprint density at radius 2 is 1.41 bits per heavy atom. The number of hydrazone groups is 1. The summed E-state index contributed by atoms with van der Waals surface area (Å²) in [6, 6.07) is 14.3. The molecule has 2 aromatic rings. The van der Waals surface area contributed by atoms with Crippen LogP contribution in [0.15, 0.2) is 53.6 Å². The second-order valence-corrected chi connectivity index (χ2v) is 8.85. The molecular weight excluding hydrogens is 424 g/mol. The first-order chi connectivity index (χ1) is 16.6. The highest BCUT2D eigenvalue weighted by atomic mass is 16.5. The van der Waals surface area contributed by atoms with Crippen LogP contribution in [-0.4, -0.2) is 18.1 Å². The average Bonchev–Trinajstić information content (AvgIpc) is 2.84. The number of unbranched alkanes of at least 4 members (excludes halogenated alkanes) is 10. The summed E-state index contributed by atoms with van der Waals surface area (Å²) >= 11 is 0. The van der Waals surface area contributed by atoms with Crippen LogP contribution in [0.1, 0.15) is 105 Å². The Morgan fingerprint density at radius 1 is 0.824 bits per heavy atom. The van der Waals surface area contributed by atoms with Crippen LogP contribution in [0.5, 0.6) is 5.75 Å². The van der Waals surface area contributed by atoms with E-state index >= 15 is 0 Å². The number of nitrogens with zero attached hydrogens (tertiary/aromatic N) is 1. The van der Waals surface area contributed by atoms with Crippen molar-refractivity contribution in [3.63, 3.8) is 0 Å². The standard InChI is InChI=1S/C29H40N2O3/c1-3-4-5-6-7-8-9-10-11-12-13-18-28(32)31-30-23-25-19-21-26(22-20-25)34-29(33)27-17-15-14-16-24(27)2/h14-17,19-23H,3-13,18H2,1-2H3,(H,31,32). The molecule has 0 aromatic heterocycles. The smallest absolute Gasteiger partial charge is 0.343 e. The Bertz CT molecular complexity index is 891. The summed E-state index contributed by atoms with van der Waals surface area (Å²) in [6.45, 7) is 4.13. The van der Waals surface area contributed by atoms with E-state index in [0.29, 0.717) is 17.7 Å². The highest BCUT2D eigenvalue weighted by Gasteiger charge is 2.10. The van der Waals surface area contributed by atoms with Crippen LogP contribution in [-0.2, 0) is 4.79 Å². The maximum absolute atomic E-state index is 12.3. The molecule has 0 heterocycles. The molecule has 0 atom stereocenters. The molecule has 34 heavy (non-hydrogen) atoms. The number of carbonyl (C=O) groups excluding carboxylic acids is 2. The van der Waals surface area contributed by atoms with Crippen molar-refractivity contribution < 1.29 is 14.3 Å². The third-order valence-corrected chi connectivity index (χ3v) is 5.87. The van der Waals surface area contributed by atoms with Gasteiger partial charge >= 0.3 is 5.97 Å². The van der Waals surface area contributed by atoms with Crippen molar-refractivity contribution in [1.82, 2.24) is 5.43 Å². The van der Waals surface area contributed by atoms with Gasteiger partial charge in [0.1, 0.15) is 5.75 Å². The minimum atomic E-state index is -0.380. The zero-order valence-corrected chi connectivity index (χ0v) is 20.9. The molecular formula is C29H40N2O3. The Balaban J connectivity index is 1.56. The Kier molecular flexibility index (Phi) is 13.4. The molecule has 0 aliphatic heterocycles. The van der Waals surface area contributed by atoms with E-state index in [0.717, 1.165) is 24.0 Å². The third-order valence-electron chi connectivity index (χ3n) is 5.87. The van der Waals surface area contributed by atoms with Gasteiger partial charge in [-0.05, 0) is 54.8 Å². The number of hydrogen-bond acceptors (Lipinski definition) is 4. The average molecular weight is 465 g/mol.